The van der Waals surface area contributed by atoms with Gasteiger partial charge in [-0.1, -0.05) is 59.7 Å². The lowest BCUT2D eigenvalue weighted by molar-refractivity contribution is 0.0839. The van der Waals surface area contributed by atoms with Gasteiger partial charge in [-0.15, -0.1) is 0 Å². The summed E-state index contributed by atoms with van der Waals surface area (Å²) in [4.78, 5) is 27.1. The van der Waals surface area contributed by atoms with Crippen LogP contribution in [0.3, 0.4) is 0 Å². The highest BCUT2D eigenvalue weighted by atomic mass is 16.5. The molecule has 0 saturated heterocycles. The van der Waals surface area contributed by atoms with Gasteiger partial charge in [-0.3, -0.25) is 9.59 Å². The largest absolute Gasteiger partial charge is 0.484 e. The number of fused-ring (bicyclic) bond motifs is 2. The third-order valence-electron chi connectivity index (χ3n) is 8.46. The molecule has 4 nitrogen and oxygen atoms in total. The minimum absolute atomic E-state index is 0.0826. The molecular weight excluding hydrogens is 496 g/mol. The van der Waals surface area contributed by atoms with E-state index in [9.17, 15) is 9.59 Å². The van der Waals surface area contributed by atoms with E-state index in [0.29, 0.717) is 35.5 Å². The Hall–Kier alpha value is -4.18. The molecule has 2 aliphatic rings. The maximum absolute atomic E-state index is 13.5. The van der Waals surface area contributed by atoms with E-state index in [1.165, 1.54) is 11.1 Å². The molecule has 0 aromatic heterocycles. The smallest absolute Gasteiger partial charge is 0.170 e. The number of benzene rings is 4. The van der Waals surface area contributed by atoms with Gasteiger partial charge in [0.05, 0.1) is 24.0 Å². The van der Waals surface area contributed by atoms with E-state index in [1.807, 2.05) is 88.4 Å². The summed E-state index contributed by atoms with van der Waals surface area (Å²) in [6.45, 7) is 12.2. The number of aryl methyl sites for hydroxylation is 4. The number of rotatable bonds is 3. The Morgan fingerprint density at radius 1 is 0.525 bits per heavy atom. The average Bonchev–Trinajstić information content (AvgIpc) is 2.90. The SMILES string of the molecule is Cc1ccc(C2CC(=O)c3c(cc(C)c(-c4c(C)cc5c(c4C)C(=O)CC(c4ccc(C)cc4)O5)c3C)O2)cc1. The van der Waals surface area contributed by atoms with E-state index in [2.05, 4.69) is 13.8 Å². The standard InChI is InChI=1S/C36H34O4/c1-19-7-11-25(12-8-19)29-17-27(37)35-23(5)33(21(3)15-31(35)39-29)34-22(4)16-32-36(24(34)6)28(38)18-30(40-32)26-13-9-20(2)10-14-26/h7-16,29-30H,17-18H2,1-6H3. The van der Waals surface area contributed by atoms with Gasteiger partial charge in [-0.2, -0.15) is 0 Å². The normalized spacial score (nSPS) is 18.1. The summed E-state index contributed by atoms with van der Waals surface area (Å²) in [7, 11) is 0. The zero-order valence-corrected chi connectivity index (χ0v) is 24.0. The molecule has 0 saturated carbocycles. The molecule has 2 atom stereocenters. The number of hydrogen-bond acceptors (Lipinski definition) is 4. The third kappa shape index (κ3) is 4.32. The van der Waals surface area contributed by atoms with E-state index in [0.717, 1.165) is 44.5 Å². The van der Waals surface area contributed by atoms with E-state index < -0.39 is 0 Å². The number of carbonyl (C=O) groups excluding carboxylic acids is 2. The first kappa shape index (κ1) is 26.1. The van der Waals surface area contributed by atoms with Crippen LogP contribution in [0.15, 0.2) is 60.7 Å². The molecular formula is C36H34O4. The Morgan fingerprint density at radius 3 is 1.23 bits per heavy atom. The van der Waals surface area contributed by atoms with Crippen LogP contribution in [-0.4, -0.2) is 11.6 Å². The van der Waals surface area contributed by atoms with E-state index in [-0.39, 0.29) is 23.8 Å². The Balaban J connectivity index is 1.41. The summed E-state index contributed by atoms with van der Waals surface area (Å²) in [5.41, 5.74) is 11.5. The summed E-state index contributed by atoms with van der Waals surface area (Å²) >= 11 is 0. The Bertz CT molecular complexity index is 1550. The quantitative estimate of drug-likeness (QED) is 0.266. The molecule has 2 aliphatic heterocycles. The predicted molar refractivity (Wildman–Crippen MR) is 158 cm³/mol. The van der Waals surface area contributed by atoms with Crippen molar-refractivity contribution in [3.05, 3.63) is 116 Å². The van der Waals surface area contributed by atoms with Gasteiger partial charge in [-0.25, -0.2) is 0 Å². The first-order valence-corrected chi connectivity index (χ1v) is 13.9. The highest BCUT2D eigenvalue weighted by Crippen LogP contribution is 2.46. The molecule has 0 bridgehead atoms. The second-order valence-corrected chi connectivity index (χ2v) is 11.4. The fraction of sp³-hybridized carbons (Fsp3) is 0.278. The lowest BCUT2D eigenvalue weighted by Crippen LogP contribution is -2.23. The lowest BCUT2D eigenvalue weighted by Gasteiger charge is -2.31. The van der Waals surface area contributed by atoms with Crippen LogP contribution in [0.25, 0.3) is 11.1 Å². The van der Waals surface area contributed by atoms with E-state index >= 15 is 0 Å². The van der Waals surface area contributed by atoms with Gasteiger partial charge < -0.3 is 9.47 Å². The van der Waals surface area contributed by atoms with Crippen LogP contribution in [0.5, 0.6) is 11.5 Å². The number of ketones is 2. The molecule has 6 rings (SSSR count). The molecule has 4 aromatic rings. The molecule has 2 unspecified atom stereocenters. The molecule has 0 spiro atoms. The number of ether oxygens (including phenoxy) is 2. The maximum Gasteiger partial charge on any atom is 0.170 e. The highest BCUT2D eigenvalue weighted by Gasteiger charge is 2.34. The lowest BCUT2D eigenvalue weighted by atomic mass is 9.81. The van der Waals surface area contributed by atoms with Crippen molar-refractivity contribution in [2.24, 2.45) is 0 Å². The van der Waals surface area contributed by atoms with E-state index in [1.54, 1.807) is 0 Å². The summed E-state index contributed by atoms with van der Waals surface area (Å²) < 4.78 is 12.8. The summed E-state index contributed by atoms with van der Waals surface area (Å²) in [6.07, 6.45) is 0.00478. The summed E-state index contributed by atoms with van der Waals surface area (Å²) in [6, 6.07) is 20.3. The van der Waals surface area contributed by atoms with Gasteiger partial charge in [0, 0.05) is 0 Å². The molecule has 202 valence electrons. The average molecular weight is 531 g/mol. The number of Topliss-reactive ketones (excluding diaryl/α,β-unsaturated/α-hetero) is 2. The van der Waals surface area contributed by atoms with Gasteiger partial charge in [0.2, 0.25) is 0 Å². The van der Waals surface area contributed by atoms with Crippen molar-refractivity contribution in [2.75, 3.05) is 0 Å². The highest BCUT2D eigenvalue weighted by molar-refractivity contribution is 6.06. The van der Waals surface area contributed by atoms with Crippen molar-refractivity contribution in [2.45, 2.75) is 66.6 Å². The first-order valence-electron chi connectivity index (χ1n) is 13.9. The zero-order valence-electron chi connectivity index (χ0n) is 24.0. The van der Waals surface area contributed by atoms with Crippen LogP contribution in [0.1, 0.15) is 90.3 Å². The van der Waals surface area contributed by atoms with Gasteiger partial charge in [0.15, 0.2) is 11.6 Å². The molecule has 40 heavy (non-hydrogen) atoms. The van der Waals surface area contributed by atoms with Crippen LogP contribution in [0.4, 0.5) is 0 Å². The second kappa shape index (κ2) is 9.78. The van der Waals surface area contributed by atoms with Gasteiger partial charge in [-0.05, 0) is 98.2 Å². The number of hydrogen-bond donors (Lipinski definition) is 0. The summed E-state index contributed by atoms with van der Waals surface area (Å²) in [5, 5.41) is 0. The predicted octanol–water partition coefficient (Wildman–Crippen LogP) is 8.62. The van der Waals surface area contributed by atoms with Crippen molar-refractivity contribution >= 4 is 11.6 Å². The Morgan fingerprint density at radius 2 is 0.875 bits per heavy atom. The van der Waals surface area contributed by atoms with Crippen molar-refractivity contribution in [1.82, 2.24) is 0 Å². The van der Waals surface area contributed by atoms with Crippen molar-refractivity contribution in [3.8, 4) is 22.6 Å². The molecule has 0 N–H and O–H groups in total. The Kier molecular flexibility index (Phi) is 6.37. The summed E-state index contributed by atoms with van der Waals surface area (Å²) in [5.74, 6) is 1.43. The van der Waals surface area contributed by atoms with Crippen molar-refractivity contribution in [3.63, 3.8) is 0 Å². The monoisotopic (exact) mass is 530 g/mol. The Labute approximate surface area is 236 Å². The van der Waals surface area contributed by atoms with Gasteiger partial charge in [0.25, 0.3) is 0 Å². The second-order valence-electron chi connectivity index (χ2n) is 11.4. The minimum atomic E-state index is -0.297. The van der Waals surface area contributed by atoms with Gasteiger partial charge in [0.1, 0.15) is 23.7 Å². The zero-order chi connectivity index (χ0) is 28.3. The maximum atomic E-state index is 13.5. The van der Waals surface area contributed by atoms with Crippen LogP contribution in [-0.2, 0) is 0 Å². The minimum Gasteiger partial charge on any atom is -0.484 e. The van der Waals surface area contributed by atoms with Crippen molar-refractivity contribution < 1.29 is 19.1 Å². The third-order valence-corrected chi connectivity index (χ3v) is 8.46. The van der Waals surface area contributed by atoms with Crippen LogP contribution >= 0.6 is 0 Å². The number of carbonyl (C=O) groups is 2. The molecule has 0 aliphatic carbocycles. The van der Waals surface area contributed by atoms with Crippen LogP contribution < -0.4 is 9.47 Å². The molecule has 4 heteroatoms. The van der Waals surface area contributed by atoms with Crippen molar-refractivity contribution in [1.29, 1.82) is 0 Å². The first-order chi connectivity index (χ1) is 19.1. The topological polar surface area (TPSA) is 52.6 Å². The fourth-order valence-electron chi connectivity index (χ4n) is 6.41. The molecule has 0 fully saturated rings. The fourth-order valence-corrected chi connectivity index (χ4v) is 6.41. The van der Waals surface area contributed by atoms with Gasteiger partial charge >= 0.3 is 0 Å². The van der Waals surface area contributed by atoms with Crippen LogP contribution in [0.2, 0.25) is 0 Å². The van der Waals surface area contributed by atoms with E-state index in [4.69, 9.17) is 9.47 Å². The molecule has 0 radical (unpaired) electrons. The molecule has 4 aromatic carbocycles. The van der Waals surface area contributed by atoms with Crippen LogP contribution in [0, 0.1) is 41.5 Å². The molecule has 2 heterocycles. The molecule has 0 amide bonds.